The van der Waals surface area contributed by atoms with E-state index in [1.807, 2.05) is 71.6 Å². The minimum atomic E-state index is -4.29. The Morgan fingerprint density at radius 1 is 0.652 bits per heavy atom. The highest BCUT2D eigenvalue weighted by Gasteiger charge is 2.19. The van der Waals surface area contributed by atoms with Crippen molar-refractivity contribution in [2.24, 2.45) is 0 Å². The van der Waals surface area contributed by atoms with Crippen LogP contribution in [0.3, 0.4) is 0 Å². The molecular formula is C18H16NO3P. The van der Waals surface area contributed by atoms with Gasteiger partial charge in [0.15, 0.2) is 0 Å². The third-order valence-corrected chi connectivity index (χ3v) is 4.40. The normalized spacial score (nSPS) is 11.2. The highest BCUT2D eigenvalue weighted by molar-refractivity contribution is 7.60. The van der Waals surface area contributed by atoms with Crippen molar-refractivity contribution >= 4 is 30.0 Å². The van der Waals surface area contributed by atoms with Crippen molar-refractivity contribution in [2.75, 3.05) is 4.90 Å². The Kier molecular flexibility index (Phi) is 4.30. The van der Waals surface area contributed by atoms with Crippen LogP contribution in [-0.4, -0.2) is 9.79 Å². The van der Waals surface area contributed by atoms with Gasteiger partial charge in [0.05, 0.1) is 5.30 Å². The minimum Gasteiger partial charge on any atom is -0.321 e. The minimum absolute atomic E-state index is 0.00635. The summed E-state index contributed by atoms with van der Waals surface area (Å²) in [7, 11) is -4.29. The van der Waals surface area contributed by atoms with Gasteiger partial charge in [-0.1, -0.05) is 42.5 Å². The van der Waals surface area contributed by atoms with Gasteiger partial charge >= 0.3 is 7.60 Å². The fourth-order valence-corrected chi connectivity index (χ4v) is 3.00. The first-order valence-corrected chi connectivity index (χ1v) is 8.73. The van der Waals surface area contributed by atoms with Crippen LogP contribution in [0.2, 0.25) is 0 Å². The molecule has 0 saturated carbocycles. The molecule has 0 fully saturated rings. The van der Waals surface area contributed by atoms with Crippen LogP contribution in [-0.2, 0) is 4.57 Å². The molecule has 0 amide bonds. The average molecular weight is 325 g/mol. The van der Waals surface area contributed by atoms with Crippen molar-refractivity contribution in [2.45, 2.75) is 0 Å². The third kappa shape index (κ3) is 3.51. The SMILES string of the molecule is O=P(O)(O)c1cccc(N(c2ccccc2)c2ccccc2)c1. The summed E-state index contributed by atoms with van der Waals surface area (Å²) in [5.41, 5.74) is 2.53. The van der Waals surface area contributed by atoms with E-state index in [-0.39, 0.29) is 5.30 Å². The molecule has 2 N–H and O–H groups in total. The Hall–Kier alpha value is -2.39. The van der Waals surface area contributed by atoms with Gasteiger partial charge in [-0.05, 0) is 42.5 Å². The third-order valence-electron chi connectivity index (χ3n) is 3.45. The van der Waals surface area contributed by atoms with Crippen LogP contribution in [0.15, 0.2) is 84.9 Å². The van der Waals surface area contributed by atoms with Gasteiger partial charge in [-0.2, -0.15) is 0 Å². The zero-order chi connectivity index (χ0) is 16.3. The van der Waals surface area contributed by atoms with Crippen molar-refractivity contribution in [1.29, 1.82) is 0 Å². The second-order valence-corrected chi connectivity index (χ2v) is 6.67. The summed E-state index contributed by atoms with van der Waals surface area (Å²) in [6, 6.07) is 25.9. The van der Waals surface area contributed by atoms with Gasteiger partial charge in [-0.3, -0.25) is 4.57 Å². The van der Waals surface area contributed by atoms with E-state index in [4.69, 9.17) is 0 Å². The van der Waals surface area contributed by atoms with E-state index < -0.39 is 7.60 Å². The summed E-state index contributed by atoms with van der Waals surface area (Å²) in [5.74, 6) is 0. The topological polar surface area (TPSA) is 60.8 Å². The van der Waals surface area contributed by atoms with Crippen LogP contribution >= 0.6 is 7.60 Å². The van der Waals surface area contributed by atoms with Gasteiger partial charge in [0.1, 0.15) is 0 Å². The van der Waals surface area contributed by atoms with E-state index in [0.717, 1.165) is 11.4 Å². The molecule has 4 nitrogen and oxygen atoms in total. The number of rotatable bonds is 4. The summed E-state index contributed by atoms with van der Waals surface area (Å²) in [6.45, 7) is 0. The lowest BCUT2D eigenvalue weighted by Crippen LogP contribution is -2.13. The Morgan fingerprint density at radius 3 is 1.61 bits per heavy atom. The van der Waals surface area contributed by atoms with E-state index >= 15 is 0 Å². The molecule has 3 rings (SSSR count). The molecule has 0 aromatic heterocycles. The summed E-state index contributed by atoms with van der Waals surface area (Å²) in [4.78, 5) is 20.8. The molecule has 0 atom stereocenters. The molecule has 0 radical (unpaired) electrons. The summed E-state index contributed by atoms with van der Waals surface area (Å²) < 4.78 is 11.6. The Labute approximate surface area is 134 Å². The second kappa shape index (κ2) is 6.39. The van der Waals surface area contributed by atoms with Gasteiger partial charge in [-0.15, -0.1) is 0 Å². The van der Waals surface area contributed by atoms with Crippen molar-refractivity contribution in [3.05, 3.63) is 84.9 Å². The van der Waals surface area contributed by atoms with Crippen molar-refractivity contribution in [3.8, 4) is 0 Å². The van der Waals surface area contributed by atoms with Gasteiger partial charge in [0.25, 0.3) is 0 Å². The molecule has 3 aromatic carbocycles. The summed E-state index contributed by atoms with van der Waals surface area (Å²) in [5, 5.41) is 0.00635. The van der Waals surface area contributed by atoms with Crippen LogP contribution in [0.4, 0.5) is 17.1 Å². The van der Waals surface area contributed by atoms with Crippen molar-refractivity contribution in [3.63, 3.8) is 0 Å². The highest BCUT2D eigenvalue weighted by Crippen LogP contribution is 2.38. The number of hydrogen-bond donors (Lipinski definition) is 2. The number of para-hydroxylation sites is 2. The van der Waals surface area contributed by atoms with Gasteiger partial charge in [0, 0.05) is 17.1 Å². The Balaban J connectivity index is 2.15. The van der Waals surface area contributed by atoms with Gasteiger partial charge in [-0.25, -0.2) is 0 Å². The molecule has 0 heterocycles. The van der Waals surface area contributed by atoms with Crippen molar-refractivity contribution < 1.29 is 14.4 Å². The zero-order valence-corrected chi connectivity index (χ0v) is 13.2. The number of nitrogens with zero attached hydrogens (tertiary/aromatic N) is 1. The number of hydrogen-bond acceptors (Lipinski definition) is 2. The first-order valence-electron chi connectivity index (χ1n) is 7.12. The van der Waals surface area contributed by atoms with Crippen LogP contribution in [0.5, 0.6) is 0 Å². The van der Waals surface area contributed by atoms with E-state index in [9.17, 15) is 14.4 Å². The lowest BCUT2D eigenvalue weighted by atomic mass is 10.2. The average Bonchev–Trinajstić information content (AvgIpc) is 2.57. The monoisotopic (exact) mass is 325 g/mol. The molecule has 0 unspecified atom stereocenters. The lowest BCUT2D eigenvalue weighted by Gasteiger charge is -2.25. The highest BCUT2D eigenvalue weighted by atomic mass is 31.2. The summed E-state index contributed by atoms with van der Waals surface area (Å²) >= 11 is 0. The van der Waals surface area contributed by atoms with Gasteiger partial charge < -0.3 is 14.7 Å². The molecule has 5 heteroatoms. The Morgan fingerprint density at radius 2 is 1.13 bits per heavy atom. The molecule has 0 aliphatic carbocycles. The zero-order valence-electron chi connectivity index (χ0n) is 12.3. The maximum atomic E-state index is 11.6. The predicted molar refractivity (Wildman–Crippen MR) is 92.8 cm³/mol. The molecule has 0 saturated heterocycles. The van der Waals surface area contributed by atoms with Crippen molar-refractivity contribution in [1.82, 2.24) is 0 Å². The number of benzene rings is 3. The maximum Gasteiger partial charge on any atom is 0.356 e. The van der Waals surface area contributed by atoms with Crippen LogP contribution in [0.1, 0.15) is 0 Å². The molecule has 0 aliphatic heterocycles. The van der Waals surface area contributed by atoms with Gasteiger partial charge in [0.2, 0.25) is 0 Å². The first kappa shape index (κ1) is 15.5. The quantitative estimate of drug-likeness (QED) is 0.713. The fraction of sp³-hybridized carbons (Fsp3) is 0. The maximum absolute atomic E-state index is 11.6. The van der Waals surface area contributed by atoms with Crippen LogP contribution in [0.25, 0.3) is 0 Å². The standard InChI is InChI=1S/C18H16NO3P/c20-23(21,22)18-13-7-12-17(14-18)19(15-8-3-1-4-9-15)16-10-5-2-6-11-16/h1-14H,(H2,20,21,22). The van der Waals surface area contributed by atoms with E-state index in [2.05, 4.69) is 0 Å². The molecule has 116 valence electrons. The lowest BCUT2D eigenvalue weighted by molar-refractivity contribution is 0.387. The second-order valence-electron chi connectivity index (χ2n) is 5.07. The Bertz CT molecular complexity index is 792. The molecule has 0 spiro atoms. The number of anilines is 3. The van der Waals surface area contributed by atoms with Crippen LogP contribution < -0.4 is 10.2 Å². The molecular weight excluding hydrogens is 309 g/mol. The van der Waals surface area contributed by atoms with E-state index in [1.165, 1.54) is 12.1 Å². The first-order chi connectivity index (χ1) is 11.1. The molecule has 0 aliphatic rings. The fourth-order valence-electron chi connectivity index (χ4n) is 2.41. The molecule has 0 bridgehead atoms. The van der Waals surface area contributed by atoms with Crippen LogP contribution in [0, 0.1) is 0 Å². The summed E-state index contributed by atoms with van der Waals surface area (Å²) in [6.07, 6.45) is 0. The predicted octanol–water partition coefficient (Wildman–Crippen LogP) is 3.96. The molecule has 23 heavy (non-hydrogen) atoms. The largest absolute Gasteiger partial charge is 0.356 e. The smallest absolute Gasteiger partial charge is 0.321 e. The van der Waals surface area contributed by atoms with E-state index in [0.29, 0.717) is 5.69 Å². The van der Waals surface area contributed by atoms with E-state index in [1.54, 1.807) is 6.07 Å². The molecule has 3 aromatic rings.